The van der Waals surface area contributed by atoms with Gasteiger partial charge in [-0.3, -0.25) is 0 Å². The number of likely N-dealkylation sites (tertiary alicyclic amines) is 1. The number of rotatable bonds is 2. The molecule has 0 aromatic rings. The first-order valence-electron chi connectivity index (χ1n) is 9.31. The topological polar surface area (TPSA) is 41.6 Å². The normalized spacial score (nSPS) is 31.7. The van der Waals surface area contributed by atoms with E-state index >= 15 is 0 Å². The summed E-state index contributed by atoms with van der Waals surface area (Å²) >= 11 is 0. The molecule has 1 saturated heterocycles. The molecule has 2 fully saturated rings. The van der Waals surface area contributed by atoms with E-state index in [1.54, 1.807) is 0 Å². The zero-order chi connectivity index (χ0) is 17.3. The molecule has 4 nitrogen and oxygen atoms in total. The second-order valence-electron chi connectivity index (χ2n) is 9.37. The maximum Gasteiger partial charge on any atom is 0.410 e. The van der Waals surface area contributed by atoms with Gasteiger partial charge in [0.15, 0.2) is 0 Å². The van der Waals surface area contributed by atoms with Gasteiger partial charge in [0.2, 0.25) is 0 Å². The van der Waals surface area contributed by atoms with Crippen LogP contribution in [-0.4, -0.2) is 41.3 Å². The third-order valence-electron chi connectivity index (χ3n) is 5.18. The molecule has 0 radical (unpaired) electrons. The number of piperidine rings is 1. The van der Waals surface area contributed by atoms with Gasteiger partial charge in [-0.05, 0) is 65.2 Å². The summed E-state index contributed by atoms with van der Waals surface area (Å²) in [7, 11) is 0. The van der Waals surface area contributed by atoms with Gasteiger partial charge >= 0.3 is 6.09 Å². The zero-order valence-corrected chi connectivity index (χ0v) is 15.9. The number of carbonyl (C=O) groups is 1. The molecule has 4 heteroatoms. The van der Waals surface area contributed by atoms with Crippen LogP contribution in [0.4, 0.5) is 4.79 Å². The van der Waals surface area contributed by atoms with Gasteiger partial charge in [0.25, 0.3) is 0 Å². The Morgan fingerprint density at radius 2 is 1.91 bits per heavy atom. The summed E-state index contributed by atoms with van der Waals surface area (Å²) in [5.74, 6) is 0. The van der Waals surface area contributed by atoms with Crippen LogP contribution in [0.3, 0.4) is 0 Å². The van der Waals surface area contributed by atoms with E-state index < -0.39 is 5.60 Å². The van der Waals surface area contributed by atoms with Crippen LogP contribution in [0.2, 0.25) is 0 Å². The number of hydrogen-bond acceptors (Lipinski definition) is 3. The molecule has 1 N–H and O–H groups in total. The van der Waals surface area contributed by atoms with Crippen molar-refractivity contribution < 1.29 is 9.53 Å². The number of amides is 1. The SMILES string of the molecule is CC1CC(NC2CCCC(C)(C)C2)CCN1C(=O)OC(C)(C)C. The molecule has 1 saturated carbocycles. The molecule has 1 aliphatic heterocycles. The van der Waals surface area contributed by atoms with Crippen LogP contribution in [0.1, 0.15) is 80.1 Å². The fourth-order valence-electron chi connectivity index (χ4n) is 4.09. The standard InChI is InChI=1S/C19H36N2O2/c1-14-12-15(20-16-8-7-10-19(5,6)13-16)9-11-21(14)17(22)23-18(2,3)4/h14-16,20H,7-13H2,1-6H3. The maximum atomic E-state index is 12.3. The Morgan fingerprint density at radius 3 is 2.48 bits per heavy atom. The third kappa shape index (κ3) is 5.66. The lowest BCUT2D eigenvalue weighted by molar-refractivity contribution is 0.00850. The van der Waals surface area contributed by atoms with Crippen molar-refractivity contribution in [2.75, 3.05) is 6.54 Å². The first-order chi connectivity index (χ1) is 10.6. The van der Waals surface area contributed by atoms with E-state index in [1.165, 1.54) is 25.7 Å². The fraction of sp³-hybridized carbons (Fsp3) is 0.947. The van der Waals surface area contributed by atoms with Crippen LogP contribution in [0.15, 0.2) is 0 Å². The average molecular weight is 325 g/mol. The Hall–Kier alpha value is -0.770. The highest BCUT2D eigenvalue weighted by Gasteiger charge is 2.34. The molecular weight excluding hydrogens is 288 g/mol. The van der Waals surface area contributed by atoms with Crippen LogP contribution in [0.25, 0.3) is 0 Å². The summed E-state index contributed by atoms with van der Waals surface area (Å²) in [6.07, 6.45) is 7.13. The van der Waals surface area contributed by atoms with Gasteiger partial charge in [-0.2, -0.15) is 0 Å². The lowest BCUT2D eigenvalue weighted by Gasteiger charge is -2.42. The highest BCUT2D eigenvalue weighted by Crippen LogP contribution is 2.35. The number of carbonyl (C=O) groups excluding carboxylic acids is 1. The van der Waals surface area contributed by atoms with E-state index in [4.69, 9.17) is 4.74 Å². The molecule has 2 aliphatic rings. The van der Waals surface area contributed by atoms with E-state index in [2.05, 4.69) is 26.1 Å². The molecule has 0 bridgehead atoms. The van der Waals surface area contributed by atoms with Crippen LogP contribution in [-0.2, 0) is 4.74 Å². The van der Waals surface area contributed by atoms with Crippen molar-refractivity contribution in [3.63, 3.8) is 0 Å². The largest absolute Gasteiger partial charge is 0.444 e. The predicted molar refractivity (Wildman–Crippen MR) is 94.6 cm³/mol. The number of hydrogen-bond donors (Lipinski definition) is 1. The smallest absolute Gasteiger partial charge is 0.410 e. The molecule has 2 rings (SSSR count). The summed E-state index contributed by atoms with van der Waals surface area (Å²) in [6, 6.07) is 1.42. The summed E-state index contributed by atoms with van der Waals surface area (Å²) in [4.78, 5) is 14.2. The van der Waals surface area contributed by atoms with Gasteiger partial charge in [-0.15, -0.1) is 0 Å². The van der Waals surface area contributed by atoms with Crippen LogP contribution < -0.4 is 5.32 Å². The van der Waals surface area contributed by atoms with Gasteiger partial charge in [-0.25, -0.2) is 4.79 Å². The van der Waals surface area contributed by atoms with Gasteiger partial charge in [0.05, 0.1) is 0 Å². The monoisotopic (exact) mass is 324 g/mol. The quantitative estimate of drug-likeness (QED) is 0.822. The van der Waals surface area contributed by atoms with Gasteiger partial charge < -0.3 is 15.0 Å². The molecule has 1 aliphatic carbocycles. The minimum atomic E-state index is -0.417. The molecule has 134 valence electrons. The molecule has 3 atom stereocenters. The van der Waals surface area contributed by atoms with Crippen molar-refractivity contribution in [2.24, 2.45) is 5.41 Å². The van der Waals surface area contributed by atoms with E-state index in [0.717, 1.165) is 19.4 Å². The van der Waals surface area contributed by atoms with Crippen molar-refractivity contribution in [3.05, 3.63) is 0 Å². The molecule has 0 spiro atoms. The van der Waals surface area contributed by atoms with E-state index in [0.29, 0.717) is 17.5 Å². The molecular formula is C19H36N2O2. The second kappa shape index (κ2) is 7.00. The molecule has 1 amide bonds. The minimum absolute atomic E-state index is 0.165. The summed E-state index contributed by atoms with van der Waals surface area (Å²) in [5.41, 5.74) is 0.0539. The van der Waals surface area contributed by atoms with Crippen LogP contribution in [0, 0.1) is 5.41 Å². The number of nitrogens with zero attached hydrogens (tertiary/aromatic N) is 1. The number of ether oxygens (including phenoxy) is 1. The van der Waals surface area contributed by atoms with Crippen LogP contribution in [0.5, 0.6) is 0 Å². The van der Waals surface area contributed by atoms with Crippen molar-refractivity contribution in [1.29, 1.82) is 0 Å². The summed E-state index contributed by atoms with van der Waals surface area (Å²) in [5, 5.41) is 3.87. The Labute approximate surface area is 142 Å². The fourth-order valence-corrected chi connectivity index (χ4v) is 4.09. The average Bonchev–Trinajstić information content (AvgIpc) is 2.35. The van der Waals surface area contributed by atoms with Gasteiger partial charge in [0.1, 0.15) is 5.60 Å². The zero-order valence-electron chi connectivity index (χ0n) is 15.9. The first-order valence-corrected chi connectivity index (χ1v) is 9.31. The molecule has 0 aromatic heterocycles. The maximum absolute atomic E-state index is 12.3. The molecule has 3 unspecified atom stereocenters. The highest BCUT2D eigenvalue weighted by molar-refractivity contribution is 5.68. The first kappa shape index (κ1) is 18.6. The Kier molecular flexibility index (Phi) is 5.65. The lowest BCUT2D eigenvalue weighted by atomic mass is 9.75. The number of nitrogens with one attached hydrogen (secondary N) is 1. The second-order valence-corrected chi connectivity index (χ2v) is 9.37. The highest BCUT2D eigenvalue weighted by atomic mass is 16.6. The van der Waals surface area contributed by atoms with Crippen molar-refractivity contribution in [1.82, 2.24) is 10.2 Å². The Bertz CT molecular complexity index is 414. The Morgan fingerprint density at radius 1 is 1.22 bits per heavy atom. The van der Waals surface area contributed by atoms with Crippen molar-refractivity contribution in [3.8, 4) is 0 Å². The minimum Gasteiger partial charge on any atom is -0.444 e. The van der Waals surface area contributed by atoms with Crippen LogP contribution >= 0.6 is 0 Å². The van der Waals surface area contributed by atoms with E-state index in [1.807, 2.05) is 25.7 Å². The van der Waals surface area contributed by atoms with Gasteiger partial charge in [0, 0.05) is 24.7 Å². The van der Waals surface area contributed by atoms with Crippen molar-refractivity contribution >= 4 is 6.09 Å². The molecule has 23 heavy (non-hydrogen) atoms. The van der Waals surface area contributed by atoms with Gasteiger partial charge in [-0.1, -0.05) is 20.3 Å². The van der Waals surface area contributed by atoms with E-state index in [-0.39, 0.29) is 12.1 Å². The van der Waals surface area contributed by atoms with Crippen molar-refractivity contribution in [2.45, 2.75) is 104 Å². The summed E-state index contributed by atoms with van der Waals surface area (Å²) < 4.78 is 5.53. The predicted octanol–water partition coefficient (Wildman–Crippen LogP) is 4.33. The third-order valence-corrected chi connectivity index (χ3v) is 5.18. The Balaban J connectivity index is 1.83. The lowest BCUT2D eigenvalue weighted by Crippen LogP contribution is -2.53. The summed E-state index contributed by atoms with van der Waals surface area (Å²) in [6.45, 7) is 13.5. The van der Waals surface area contributed by atoms with E-state index in [9.17, 15) is 4.79 Å². The molecule has 0 aromatic carbocycles. The molecule has 1 heterocycles.